The molecule has 0 N–H and O–H groups in total. The fourth-order valence-electron chi connectivity index (χ4n) is 1.89. The molecule has 0 radical (unpaired) electrons. The first-order valence-corrected chi connectivity index (χ1v) is 12.1. The second-order valence-electron chi connectivity index (χ2n) is 6.52. The maximum Gasteiger partial charge on any atom is 0.330 e. The summed E-state index contributed by atoms with van der Waals surface area (Å²) in [6.07, 6.45) is 6.18. The van der Waals surface area contributed by atoms with Crippen LogP contribution in [-0.2, 0) is 19.1 Å². The van der Waals surface area contributed by atoms with Gasteiger partial charge in [-0.1, -0.05) is 37.7 Å². The van der Waals surface area contributed by atoms with E-state index < -0.39 is 8.07 Å². The van der Waals surface area contributed by atoms with Crippen molar-refractivity contribution in [3.63, 3.8) is 0 Å². The van der Waals surface area contributed by atoms with E-state index in [1.807, 2.05) is 18.2 Å². The predicted molar refractivity (Wildman–Crippen MR) is 108 cm³/mol. The number of benzene rings is 1. The van der Waals surface area contributed by atoms with Crippen LogP contribution in [0.25, 0.3) is 12.2 Å². The van der Waals surface area contributed by atoms with Crippen LogP contribution in [0.2, 0.25) is 19.6 Å². The minimum absolute atomic E-state index is 0.336. The normalized spacial score (nSPS) is 11.3. The second kappa shape index (κ2) is 10.4. The highest BCUT2D eigenvalue weighted by atomic mass is 28.3. The molecule has 0 spiro atoms. The average Bonchev–Trinajstić information content (AvgIpc) is 2.57. The van der Waals surface area contributed by atoms with Crippen molar-refractivity contribution in [2.45, 2.75) is 33.5 Å². The lowest BCUT2D eigenvalue weighted by molar-refractivity contribution is -0.138. The van der Waals surface area contributed by atoms with Crippen molar-refractivity contribution < 1.29 is 19.1 Å². The molecule has 4 nitrogen and oxygen atoms in total. The minimum atomic E-state index is -1.55. The molecule has 26 heavy (non-hydrogen) atoms. The van der Waals surface area contributed by atoms with E-state index >= 15 is 0 Å². The van der Waals surface area contributed by atoms with Gasteiger partial charge in [-0.15, -0.1) is 5.54 Å². The van der Waals surface area contributed by atoms with Crippen molar-refractivity contribution in [2.75, 3.05) is 13.2 Å². The van der Waals surface area contributed by atoms with E-state index in [0.29, 0.717) is 13.2 Å². The molecule has 0 aliphatic heterocycles. The highest BCUT2D eigenvalue weighted by Gasteiger charge is 2.08. The molecule has 0 unspecified atom stereocenters. The molecule has 0 heterocycles. The maximum atomic E-state index is 11.5. The Morgan fingerprint density at radius 1 is 1.00 bits per heavy atom. The molecule has 5 heteroatoms. The van der Waals surface area contributed by atoms with Gasteiger partial charge in [0.25, 0.3) is 0 Å². The molecule has 1 rings (SSSR count). The Hall–Kier alpha value is -2.58. The van der Waals surface area contributed by atoms with Crippen LogP contribution in [0.1, 0.15) is 30.5 Å². The van der Waals surface area contributed by atoms with Gasteiger partial charge in [0.05, 0.1) is 13.2 Å². The van der Waals surface area contributed by atoms with Crippen LogP contribution in [0.4, 0.5) is 0 Å². The molecule has 0 aromatic heterocycles. The van der Waals surface area contributed by atoms with Crippen LogP contribution < -0.4 is 0 Å². The minimum Gasteiger partial charge on any atom is -0.463 e. The van der Waals surface area contributed by atoms with Gasteiger partial charge in [0, 0.05) is 17.7 Å². The van der Waals surface area contributed by atoms with Crippen molar-refractivity contribution in [1.82, 2.24) is 0 Å². The first-order valence-electron chi connectivity index (χ1n) is 8.62. The molecule has 0 saturated heterocycles. The van der Waals surface area contributed by atoms with Gasteiger partial charge >= 0.3 is 11.9 Å². The number of carbonyl (C=O) groups excluding carboxylic acids is 2. The van der Waals surface area contributed by atoms with E-state index in [2.05, 4.69) is 31.1 Å². The Morgan fingerprint density at radius 3 is 2.12 bits per heavy atom. The average molecular weight is 371 g/mol. The summed E-state index contributed by atoms with van der Waals surface area (Å²) in [6.45, 7) is 10.7. The summed E-state index contributed by atoms with van der Waals surface area (Å²) in [7, 11) is -1.55. The quantitative estimate of drug-likeness (QED) is 0.328. The third-order valence-corrected chi connectivity index (χ3v) is 3.91. The number of ether oxygens (including phenoxy) is 2. The van der Waals surface area contributed by atoms with Crippen LogP contribution in [0.15, 0.2) is 30.4 Å². The molecule has 0 saturated carbocycles. The topological polar surface area (TPSA) is 52.6 Å². The van der Waals surface area contributed by atoms with E-state index in [-0.39, 0.29) is 11.9 Å². The van der Waals surface area contributed by atoms with Gasteiger partial charge in [-0.2, -0.15) is 0 Å². The maximum absolute atomic E-state index is 11.5. The highest BCUT2D eigenvalue weighted by Crippen LogP contribution is 2.15. The summed E-state index contributed by atoms with van der Waals surface area (Å²) in [5, 5.41) is 0. The Balaban J connectivity index is 3.18. The molecular weight excluding hydrogens is 344 g/mol. The van der Waals surface area contributed by atoms with E-state index in [0.717, 1.165) is 16.7 Å². The number of esters is 2. The lowest BCUT2D eigenvalue weighted by Gasteiger charge is -2.06. The Labute approximate surface area is 156 Å². The zero-order chi connectivity index (χ0) is 19.6. The van der Waals surface area contributed by atoms with Crippen molar-refractivity contribution in [3.8, 4) is 11.5 Å². The molecule has 1 aromatic carbocycles. The third kappa shape index (κ3) is 8.50. The van der Waals surface area contributed by atoms with Crippen molar-refractivity contribution >= 4 is 32.2 Å². The van der Waals surface area contributed by atoms with Crippen LogP contribution in [0, 0.1) is 11.5 Å². The van der Waals surface area contributed by atoms with E-state index in [1.54, 1.807) is 26.0 Å². The Kier molecular flexibility index (Phi) is 8.60. The fraction of sp³-hybridized carbons (Fsp3) is 0.333. The number of hydrogen-bond donors (Lipinski definition) is 0. The molecule has 0 fully saturated rings. The summed E-state index contributed by atoms with van der Waals surface area (Å²) in [5.41, 5.74) is 5.80. The largest absolute Gasteiger partial charge is 0.463 e. The van der Waals surface area contributed by atoms with Gasteiger partial charge in [0.2, 0.25) is 0 Å². The van der Waals surface area contributed by atoms with Gasteiger partial charge in [-0.25, -0.2) is 9.59 Å². The van der Waals surface area contributed by atoms with Gasteiger partial charge in [0.1, 0.15) is 8.07 Å². The van der Waals surface area contributed by atoms with Gasteiger partial charge < -0.3 is 9.47 Å². The number of rotatable bonds is 6. The summed E-state index contributed by atoms with van der Waals surface area (Å²) in [5.74, 6) is 2.45. The van der Waals surface area contributed by atoms with Crippen molar-refractivity contribution in [2.24, 2.45) is 0 Å². The molecular formula is C21H26O4Si. The smallest absolute Gasteiger partial charge is 0.330 e. The van der Waals surface area contributed by atoms with Crippen LogP contribution in [-0.4, -0.2) is 33.2 Å². The van der Waals surface area contributed by atoms with Crippen LogP contribution >= 0.6 is 0 Å². The first-order chi connectivity index (χ1) is 12.2. The number of carbonyl (C=O) groups is 2. The van der Waals surface area contributed by atoms with Gasteiger partial charge in [0.15, 0.2) is 0 Å². The van der Waals surface area contributed by atoms with Gasteiger partial charge in [-0.3, -0.25) is 0 Å². The lowest BCUT2D eigenvalue weighted by atomic mass is 10.0. The molecule has 1 aromatic rings. The molecule has 138 valence electrons. The summed E-state index contributed by atoms with van der Waals surface area (Å²) < 4.78 is 9.80. The molecule has 0 amide bonds. The van der Waals surface area contributed by atoms with Crippen molar-refractivity contribution in [1.29, 1.82) is 0 Å². The highest BCUT2D eigenvalue weighted by molar-refractivity contribution is 6.83. The van der Waals surface area contributed by atoms with E-state index in [1.165, 1.54) is 12.2 Å². The summed E-state index contributed by atoms with van der Waals surface area (Å²) in [6, 6.07) is 5.63. The van der Waals surface area contributed by atoms with E-state index in [4.69, 9.17) is 9.47 Å². The first kappa shape index (κ1) is 21.5. The Bertz CT molecular complexity index is 758. The summed E-state index contributed by atoms with van der Waals surface area (Å²) in [4.78, 5) is 23.0. The zero-order valence-corrected chi connectivity index (χ0v) is 17.1. The Morgan fingerprint density at radius 2 is 1.58 bits per heavy atom. The SMILES string of the molecule is CCOC(=O)/C=C/c1ccc(/C=C/C(=O)OCC)c(C#C[Si](C)(C)C)c1. The third-order valence-electron chi connectivity index (χ3n) is 3.03. The predicted octanol–water partition coefficient (Wildman–Crippen LogP) is 4.07. The van der Waals surface area contributed by atoms with Gasteiger partial charge in [-0.05, 0) is 43.2 Å². The zero-order valence-electron chi connectivity index (χ0n) is 16.1. The molecule has 0 bridgehead atoms. The fourth-order valence-corrected chi connectivity index (χ4v) is 2.40. The van der Waals surface area contributed by atoms with Crippen LogP contribution in [0.3, 0.4) is 0 Å². The molecule has 0 aliphatic rings. The monoisotopic (exact) mass is 370 g/mol. The van der Waals surface area contributed by atoms with E-state index in [9.17, 15) is 9.59 Å². The number of hydrogen-bond acceptors (Lipinski definition) is 4. The standard InChI is InChI=1S/C21H26O4Si/c1-6-24-20(22)12-9-17-8-10-18(11-13-21(23)25-7-2)19(16-17)14-15-26(3,4)5/h8-13,16H,6-7H2,1-5H3/b12-9+,13-11+. The molecule has 0 aliphatic carbocycles. The lowest BCUT2D eigenvalue weighted by Crippen LogP contribution is -2.16. The second-order valence-corrected chi connectivity index (χ2v) is 11.3. The van der Waals surface area contributed by atoms with Crippen molar-refractivity contribution in [3.05, 3.63) is 47.0 Å². The van der Waals surface area contributed by atoms with Crippen LogP contribution in [0.5, 0.6) is 0 Å². The molecule has 0 atom stereocenters. The summed E-state index contributed by atoms with van der Waals surface area (Å²) >= 11 is 0.